The van der Waals surface area contributed by atoms with Gasteiger partial charge in [-0.15, -0.1) is 0 Å². The number of anilines is 1. The van der Waals surface area contributed by atoms with Crippen LogP contribution in [0.5, 0.6) is 0 Å². The third-order valence-electron chi connectivity index (χ3n) is 2.60. The van der Waals surface area contributed by atoms with Crippen LogP contribution in [0.15, 0.2) is 24.9 Å². The number of rotatable bonds is 1. The summed E-state index contributed by atoms with van der Waals surface area (Å²) in [6.07, 6.45) is 3.97. The van der Waals surface area contributed by atoms with E-state index in [0.717, 1.165) is 18.5 Å². The lowest BCUT2D eigenvalue weighted by Gasteiger charge is -2.27. The summed E-state index contributed by atoms with van der Waals surface area (Å²) in [4.78, 5) is 17.2. The molecule has 0 saturated heterocycles. The number of nitrogens with zero attached hydrogens (tertiary/aromatic N) is 2. The summed E-state index contributed by atoms with van der Waals surface area (Å²) in [6.45, 7) is 4.81. The lowest BCUT2D eigenvalue weighted by molar-refractivity contribution is -0.126. The van der Waals surface area contributed by atoms with Crippen LogP contribution in [-0.4, -0.2) is 22.3 Å². The zero-order chi connectivity index (χ0) is 10.8. The number of nitrogens with two attached hydrogens (primary N) is 1. The van der Waals surface area contributed by atoms with E-state index in [0.29, 0.717) is 12.4 Å². The van der Waals surface area contributed by atoms with Crippen molar-refractivity contribution in [1.82, 2.24) is 9.88 Å². The molecule has 1 aliphatic rings. The molecular weight excluding hydrogens is 190 g/mol. The van der Waals surface area contributed by atoms with E-state index in [1.54, 1.807) is 11.1 Å². The fourth-order valence-electron chi connectivity index (χ4n) is 1.77. The van der Waals surface area contributed by atoms with Crippen molar-refractivity contribution < 1.29 is 4.79 Å². The Balaban J connectivity index is 2.25. The minimum atomic E-state index is -0.0315. The van der Waals surface area contributed by atoms with Crippen LogP contribution in [-0.2, 0) is 17.8 Å². The summed E-state index contributed by atoms with van der Waals surface area (Å²) in [5.41, 5.74) is 7.87. The van der Waals surface area contributed by atoms with E-state index in [2.05, 4.69) is 11.6 Å². The average Bonchev–Trinajstić information content (AvgIpc) is 2.27. The third-order valence-corrected chi connectivity index (χ3v) is 2.60. The van der Waals surface area contributed by atoms with Crippen LogP contribution < -0.4 is 5.73 Å². The number of pyridine rings is 1. The van der Waals surface area contributed by atoms with E-state index in [1.165, 1.54) is 11.6 Å². The van der Waals surface area contributed by atoms with Gasteiger partial charge in [0.15, 0.2) is 0 Å². The van der Waals surface area contributed by atoms with Gasteiger partial charge in [-0.2, -0.15) is 0 Å². The van der Waals surface area contributed by atoms with Gasteiger partial charge in [0.25, 0.3) is 0 Å². The highest BCUT2D eigenvalue weighted by Gasteiger charge is 2.18. The van der Waals surface area contributed by atoms with Gasteiger partial charge in [-0.1, -0.05) is 6.58 Å². The van der Waals surface area contributed by atoms with Gasteiger partial charge in [-0.05, 0) is 29.7 Å². The quantitative estimate of drug-likeness (QED) is 0.685. The van der Waals surface area contributed by atoms with Gasteiger partial charge in [-0.25, -0.2) is 4.98 Å². The zero-order valence-corrected chi connectivity index (χ0v) is 8.44. The number of carbonyl (C=O) groups is 1. The molecule has 0 bridgehead atoms. The van der Waals surface area contributed by atoms with Crippen molar-refractivity contribution >= 4 is 11.7 Å². The summed E-state index contributed by atoms with van der Waals surface area (Å²) >= 11 is 0. The molecule has 0 saturated carbocycles. The van der Waals surface area contributed by atoms with Crippen LogP contribution in [0.4, 0.5) is 5.82 Å². The topological polar surface area (TPSA) is 59.2 Å². The van der Waals surface area contributed by atoms with Crippen molar-refractivity contribution in [3.8, 4) is 0 Å². The Labute approximate surface area is 88.4 Å². The molecule has 78 valence electrons. The van der Waals surface area contributed by atoms with Gasteiger partial charge < -0.3 is 10.6 Å². The van der Waals surface area contributed by atoms with Gasteiger partial charge >= 0.3 is 0 Å². The molecule has 0 radical (unpaired) electrons. The molecule has 2 N–H and O–H groups in total. The predicted octanol–water partition coefficient (Wildman–Crippen LogP) is 0.735. The summed E-state index contributed by atoms with van der Waals surface area (Å²) in [5.74, 6) is 0.470. The standard InChI is InChI=1S/C11H13N3O/c1-2-11(15)14-4-3-8-6-13-10(12)5-9(8)7-14/h2,5-6H,1,3-4,7H2,(H2,12,13). The maximum atomic E-state index is 11.4. The second-order valence-corrected chi connectivity index (χ2v) is 3.59. The Kier molecular flexibility index (Phi) is 2.41. The number of carbonyl (C=O) groups excluding carboxylic acids is 1. The lowest BCUT2D eigenvalue weighted by Crippen LogP contribution is -2.34. The number of nitrogen functional groups attached to an aromatic ring is 1. The van der Waals surface area contributed by atoms with E-state index < -0.39 is 0 Å². The first-order valence-corrected chi connectivity index (χ1v) is 4.85. The number of hydrogen-bond acceptors (Lipinski definition) is 3. The molecule has 0 spiro atoms. The first-order chi connectivity index (χ1) is 7.20. The summed E-state index contributed by atoms with van der Waals surface area (Å²) < 4.78 is 0. The van der Waals surface area contributed by atoms with Crippen molar-refractivity contribution in [3.05, 3.63) is 36.0 Å². The molecule has 4 nitrogen and oxygen atoms in total. The number of hydrogen-bond donors (Lipinski definition) is 1. The van der Waals surface area contributed by atoms with Crippen molar-refractivity contribution in [1.29, 1.82) is 0 Å². The molecule has 0 atom stereocenters. The van der Waals surface area contributed by atoms with E-state index in [1.807, 2.05) is 6.07 Å². The van der Waals surface area contributed by atoms with Gasteiger partial charge in [-0.3, -0.25) is 4.79 Å². The smallest absolute Gasteiger partial charge is 0.246 e. The van der Waals surface area contributed by atoms with Crippen LogP contribution in [0.25, 0.3) is 0 Å². The molecule has 0 aliphatic carbocycles. The lowest BCUT2D eigenvalue weighted by atomic mass is 10.0. The molecule has 2 rings (SSSR count). The molecule has 0 unspecified atom stereocenters. The fourth-order valence-corrected chi connectivity index (χ4v) is 1.77. The van der Waals surface area contributed by atoms with Crippen LogP contribution >= 0.6 is 0 Å². The number of amides is 1. The van der Waals surface area contributed by atoms with E-state index in [4.69, 9.17) is 5.73 Å². The predicted molar refractivity (Wildman–Crippen MR) is 58.0 cm³/mol. The summed E-state index contributed by atoms with van der Waals surface area (Å²) in [6, 6.07) is 1.83. The fraction of sp³-hybridized carbons (Fsp3) is 0.273. The van der Waals surface area contributed by atoms with E-state index >= 15 is 0 Å². The van der Waals surface area contributed by atoms with E-state index in [-0.39, 0.29) is 5.91 Å². The van der Waals surface area contributed by atoms with Gasteiger partial charge in [0, 0.05) is 19.3 Å². The monoisotopic (exact) mass is 203 g/mol. The number of fused-ring (bicyclic) bond motifs is 1. The Morgan fingerprint density at radius 3 is 3.13 bits per heavy atom. The Morgan fingerprint density at radius 1 is 1.60 bits per heavy atom. The van der Waals surface area contributed by atoms with E-state index in [9.17, 15) is 4.79 Å². The van der Waals surface area contributed by atoms with Crippen LogP contribution in [0.3, 0.4) is 0 Å². The van der Waals surface area contributed by atoms with Crippen LogP contribution in [0.2, 0.25) is 0 Å². The SMILES string of the molecule is C=CC(=O)N1CCc2cnc(N)cc2C1. The maximum absolute atomic E-state index is 11.4. The molecule has 2 heterocycles. The molecule has 0 fully saturated rings. The van der Waals surface area contributed by atoms with Crippen molar-refractivity contribution in [2.24, 2.45) is 0 Å². The van der Waals surface area contributed by atoms with Crippen LogP contribution in [0, 0.1) is 0 Å². The highest BCUT2D eigenvalue weighted by atomic mass is 16.2. The highest BCUT2D eigenvalue weighted by molar-refractivity contribution is 5.87. The summed E-state index contributed by atoms with van der Waals surface area (Å²) in [7, 11) is 0. The molecule has 15 heavy (non-hydrogen) atoms. The normalized spacial score (nSPS) is 14.5. The van der Waals surface area contributed by atoms with Crippen molar-refractivity contribution in [2.75, 3.05) is 12.3 Å². The highest BCUT2D eigenvalue weighted by Crippen LogP contribution is 2.19. The second kappa shape index (κ2) is 3.73. The maximum Gasteiger partial charge on any atom is 0.246 e. The molecule has 4 heteroatoms. The molecule has 1 aromatic rings. The second-order valence-electron chi connectivity index (χ2n) is 3.59. The largest absolute Gasteiger partial charge is 0.384 e. The molecule has 0 aromatic carbocycles. The Hall–Kier alpha value is -1.84. The molecular formula is C11H13N3O. The first kappa shape index (κ1) is 9.71. The van der Waals surface area contributed by atoms with Gasteiger partial charge in [0.2, 0.25) is 5.91 Å². The number of aromatic nitrogens is 1. The molecule has 1 amide bonds. The van der Waals surface area contributed by atoms with Gasteiger partial charge in [0.05, 0.1) is 0 Å². The minimum Gasteiger partial charge on any atom is -0.384 e. The van der Waals surface area contributed by atoms with Gasteiger partial charge in [0.1, 0.15) is 5.82 Å². The molecule has 1 aliphatic heterocycles. The first-order valence-electron chi connectivity index (χ1n) is 4.85. The third kappa shape index (κ3) is 1.83. The minimum absolute atomic E-state index is 0.0315. The van der Waals surface area contributed by atoms with Crippen molar-refractivity contribution in [3.63, 3.8) is 0 Å². The van der Waals surface area contributed by atoms with Crippen molar-refractivity contribution in [2.45, 2.75) is 13.0 Å². The average molecular weight is 203 g/mol. The molecule has 1 aromatic heterocycles. The Morgan fingerprint density at radius 2 is 2.40 bits per heavy atom. The summed E-state index contributed by atoms with van der Waals surface area (Å²) in [5, 5.41) is 0. The zero-order valence-electron chi connectivity index (χ0n) is 8.44. The Bertz CT molecular complexity index is 414. The van der Waals surface area contributed by atoms with Crippen LogP contribution in [0.1, 0.15) is 11.1 Å².